The van der Waals surface area contributed by atoms with E-state index in [1.54, 1.807) is 0 Å². The molecule has 0 aliphatic carbocycles. The molecule has 0 N–H and O–H groups in total. The molecular weight excluding hydrogens is 324 g/mol. The highest BCUT2D eigenvalue weighted by atomic mass is 16.2. The quantitative estimate of drug-likeness (QED) is 0.798. The summed E-state index contributed by atoms with van der Waals surface area (Å²) in [6, 6.07) is 6.31. The van der Waals surface area contributed by atoms with E-state index in [0.29, 0.717) is 18.2 Å². The number of nitrogens with zero attached hydrogens (tertiary/aromatic N) is 4. The van der Waals surface area contributed by atoms with Crippen molar-refractivity contribution in [2.75, 3.05) is 13.1 Å². The van der Waals surface area contributed by atoms with Gasteiger partial charge in [0.1, 0.15) is 0 Å². The van der Waals surface area contributed by atoms with E-state index in [9.17, 15) is 4.79 Å². The van der Waals surface area contributed by atoms with Crippen LogP contribution in [0.2, 0.25) is 0 Å². The average molecular weight is 354 g/mol. The van der Waals surface area contributed by atoms with Gasteiger partial charge < -0.3 is 4.90 Å². The summed E-state index contributed by atoms with van der Waals surface area (Å²) in [6.45, 7) is 8.69. The summed E-state index contributed by atoms with van der Waals surface area (Å²) >= 11 is 0. The maximum atomic E-state index is 12.6. The maximum Gasteiger partial charge on any atom is 0.222 e. The largest absolute Gasteiger partial charge is 0.342 e. The zero-order chi connectivity index (χ0) is 18.5. The van der Waals surface area contributed by atoms with E-state index in [0.717, 1.165) is 50.3 Å². The summed E-state index contributed by atoms with van der Waals surface area (Å²) in [5.74, 6) is 0.839. The van der Waals surface area contributed by atoms with Gasteiger partial charge >= 0.3 is 0 Å². The molecule has 0 radical (unpaired) electrons. The fraction of sp³-hybridized carbons (Fsp3) is 0.571. The molecule has 1 saturated heterocycles. The van der Waals surface area contributed by atoms with Gasteiger partial charge in [-0.1, -0.05) is 6.07 Å². The lowest BCUT2D eigenvalue weighted by Crippen LogP contribution is -2.40. The molecular formula is C21H30N4O. The van der Waals surface area contributed by atoms with Gasteiger partial charge in [-0.05, 0) is 70.1 Å². The van der Waals surface area contributed by atoms with Crippen molar-refractivity contribution < 1.29 is 4.79 Å². The van der Waals surface area contributed by atoms with Gasteiger partial charge in [0, 0.05) is 43.6 Å². The SMILES string of the molecule is Cc1ccc(C[C@@H]2CCCN(C(=O)CCCn3nc(C)cc3C)C2)cn1. The Kier molecular flexibility index (Phi) is 6.07. The third kappa shape index (κ3) is 4.93. The second kappa shape index (κ2) is 8.47. The highest BCUT2D eigenvalue weighted by molar-refractivity contribution is 5.76. The minimum absolute atomic E-state index is 0.290. The Morgan fingerprint density at radius 3 is 2.77 bits per heavy atom. The number of aromatic nitrogens is 3. The monoisotopic (exact) mass is 354 g/mol. The van der Waals surface area contributed by atoms with Crippen molar-refractivity contribution in [3.63, 3.8) is 0 Å². The van der Waals surface area contributed by atoms with Crippen molar-refractivity contribution in [1.29, 1.82) is 0 Å². The van der Waals surface area contributed by atoms with Crippen molar-refractivity contribution in [1.82, 2.24) is 19.7 Å². The molecule has 1 atom stereocenters. The van der Waals surface area contributed by atoms with Crippen molar-refractivity contribution in [2.45, 2.75) is 59.4 Å². The number of carbonyl (C=O) groups is 1. The van der Waals surface area contributed by atoms with Crippen molar-refractivity contribution in [2.24, 2.45) is 5.92 Å². The van der Waals surface area contributed by atoms with Gasteiger partial charge in [0.05, 0.1) is 5.69 Å². The molecule has 5 heteroatoms. The van der Waals surface area contributed by atoms with Crippen LogP contribution in [0.3, 0.4) is 0 Å². The number of amides is 1. The molecule has 1 amide bonds. The minimum Gasteiger partial charge on any atom is -0.342 e. The van der Waals surface area contributed by atoms with E-state index >= 15 is 0 Å². The number of likely N-dealkylation sites (tertiary alicyclic amines) is 1. The number of rotatable bonds is 6. The Labute approximate surface area is 156 Å². The highest BCUT2D eigenvalue weighted by Crippen LogP contribution is 2.21. The summed E-state index contributed by atoms with van der Waals surface area (Å²) in [4.78, 5) is 19.1. The Morgan fingerprint density at radius 2 is 2.08 bits per heavy atom. The van der Waals surface area contributed by atoms with Crippen molar-refractivity contribution in [3.8, 4) is 0 Å². The molecule has 26 heavy (non-hydrogen) atoms. The predicted octanol–water partition coefficient (Wildman–Crippen LogP) is 3.46. The van der Waals surface area contributed by atoms with Crippen LogP contribution < -0.4 is 0 Å². The van der Waals surface area contributed by atoms with Gasteiger partial charge in [0.15, 0.2) is 0 Å². The smallest absolute Gasteiger partial charge is 0.222 e. The fourth-order valence-electron chi connectivity index (χ4n) is 3.85. The van der Waals surface area contributed by atoms with Crippen LogP contribution in [0.5, 0.6) is 0 Å². The summed E-state index contributed by atoms with van der Waals surface area (Å²) < 4.78 is 2.01. The third-order valence-corrected chi connectivity index (χ3v) is 5.23. The second-order valence-electron chi connectivity index (χ2n) is 7.61. The second-order valence-corrected chi connectivity index (χ2v) is 7.61. The van der Waals surface area contributed by atoms with Crippen molar-refractivity contribution >= 4 is 5.91 Å². The van der Waals surface area contributed by atoms with Gasteiger partial charge in [0.25, 0.3) is 0 Å². The van der Waals surface area contributed by atoms with Crippen LogP contribution in [0.1, 0.15) is 48.3 Å². The van der Waals surface area contributed by atoms with Gasteiger partial charge in [-0.25, -0.2) is 0 Å². The zero-order valence-corrected chi connectivity index (χ0v) is 16.2. The van der Waals surface area contributed by atoms with Crippen molar-refractivity contribution in [3.05, 3.63) is 47.0 Å². The van der Waals surface area contributed by atoms with Crippen LogP contribution in [0.25, 0.3) is 0 Å². The van der Waals surface area contributed by atoms with E-state index < -0.39 is 0 Å². The van der Waals surface area contributed by atoms with Crippen LogP contribution in [0.15, 0.2) is 24.4 Å². The van der Waals surface area contributed by atoms with Gasteiger partial charge in [-0.2, -0.15) is 5.10 Å². The lowest BCUT2D eigenvalue weighted by atomic mass is 9.91. The lowest BCUT2D eigenvalue weighted by Gasteiger charge is -2.33. The van der Waals surface area contributed by atoms with E-state index in [-0.39, 0.29) is 0 Å². The Balaban J connectivity index is 1.46. The summed E-state index contributed by atoms with van der Waals surface area (Å²) in [5, 5.41) is 4.47. The highest BCUT2D eigenvalue weighted by Gasteiger charge is 2.23. The van der Waals surface area contributed by atoms with E-state index in [1.165, 1.54) is 17.7 Å². The van der Waals surface area contributed by atoms with Crippen LogP contribution in [0, 0.1) is 26.7 Å². The molecule has 2 aromatic rings. The first kappa shape index (κ1) is 18.6. The summed E-state index contributed by atoms with van der Waals surface area (Å²) in [6.07, 6.45) is 6.75. The Morgan fingerprint density at radius 1 is 1.23 bits per heavy atom. The maximum absolute atomic E-state index is 12.6. The third-order valence-electron chi connectivity index (χ3n) is 5.23. The molecule has 5 nitrogen and oxygen atoms in total. The molecule has 140 valence electrons. The Bertz CT molecular complexity index is 735. The fourth-order valence-corrected chi connectivity index (χ4v) is 3.85. The van der Waals surface area contributed by atoms with Gasteiger partial charge in [-0.15, -0.1) is 0 Å². The molecule has 0 bridgehead atoms. The van der Waals surface area contributed by atoms with Gasteiger partial charge in [-0.3, -0.25) is 14.5 Å². The first-order chi connectivity index (χ1) is 12.5. The molecule has 3 heterocycles. The topological polar surface area (TPSA) is 51.0 Å². The average Bonchev–Trinajstić information content (AvgIpc) is 2.94. The molecule has 1 fully saturated rings. The molecule has 0 saturated carbocycles. The summed E-state index contributed by atoms with van der Waals surface area (Å²) in [7, 11) is 0. The van der Waals surface area contributed by atoms with E-state index in [4.69, 9.17) is 0 Å². The first-order valence-corrected chi connectivity index (χ1v) is 9.71. The zero-order valence-electron chi connectivity index (χ0n) is 16.2. The predicted molar refractivity (Wildman–Crippen MR) is 103 cm³/mol. The molecule has 1 aliphatic heterocycles. The number of hydrogen-bond acceptors (Lipinski definition) is 3. The molecule has 0 spiro atoms. The number of pyridine rings is 1. The summed E-state index contributed by atoms with van der Waals surface area (Å²) in [5.41, 5.74) is 4.54. The van der Waals surface area contributed by atoms with Crippen LogP contribution in [-0.4, -0.2) is 38.7 Å². The van der Waals surface area contributed by atoms with Crippen LogP contribution in [-0.2, 0) is 17.8 Å². The van der Waals surface area contributed by atoms with Crippen LogP contribution >= 0.6 is 0 Å². The molecule has 0 aromatic carbocycles. The standard InChI is InChI=1S/C21H30N4O/c1-16-8-9-19(14-22-16)13-20-6-4-10-24(15-20)21(26)7-5-11-25-18(3)12-17(2)23-25/h8-9,12,14,20H,4-7,10-11,13,15H2,1-3H3/t20-/m0/s1. The lowest BCUT2D eigenvalue weighted by molar-refractivity contribution is -0.133. The minimum atomic E-state index is 0.290. The number of carbonyl (C=O) groups excluding carboxylic acids is 1. The normalized spacial score (nSPS) is 17.5. The van der Waals surface area contributed by atoms with E-state index in [1.807, 2.05) is 24.7 Å². The van der Waals surface area contributed by atoms with Crippen LogP contribution in [0.4, 0.5) is 0 Å². The molecule has 1 aliphatic rings. The van der Waals surface area contributed by atoms with E-state index in [2.05, 4.69) is 40.1 Å². The molecule has 3 rings (SSSR count). The number of aryl methyl sites for hydroxylation is 4. The Hall–Kier alpha value is -2.17. The van der Waals surface area contributed by atoms with Gasteiger partial charge in [0.2, 0.25) is 5.91 Å². The number of hydrogen-bond donors (Lipinski definition) is 0. The number of piperidine rings is 1. The first-order valence-electron chi connectivity index (χ1n) is 9.71. The molecule has 2 aromatic heterocycles. The molecule has 0 unspecified atom stereocenters.